The molecule has 20 heavy (non-hydrogen) atoms. The Labute approximate surface area is 119 Å². The van der Waals surface area contributed by atoms with Gasteiger partial charge in [0.2, 0.25) is 0 Å². The molecular weight excluding hydrogens is 280 g/mol. The number of sulfone groups is 1. The molecule has 112 valence electrons. The lowest BCUT2D eigenvalue weighted by Crippen LogP contribution is -2.37. The summed E-state index contributed by atoms with van der Waals surface area (Å²) in [5, 5.41) is 0. The molecule has 0 aliphatic rings. The lowest BCUT2D eigenvalue weighted by atomic mass is 10.2. The van der Waals surface area contributed by atoms with E-state index in [1.54, 1.807) is 12.0 Å². The fraction of sp³-hybridized carbons (Fsp3) is 0.462. The van der Waals surface area contributed by atoms with Crippen molar-refractivity contribution in [1.29, 1.82) is 0 Å². The minimum absolute atomic E-state index is 0.187. The molecule has 1 amide bonds. The molecule has 1 rings (SSSR count). The van der Waals surface area contributed by atoms with Gasteiger partial charge in [-0.05, 0) is 24.3 Å². The van der Waals surface area contributed by atoms with Crippen LogP contribution in [0.2, 0.25) is 0 Å². The number of amides is 1. The summed E-state index contributed by atoms with van der Waals surface area (Å²) in [6.45, 7) is 1.65. The number of carbonyl (C=O) groups excluding carboxylic acids is 1. The monoisotopic (exact) mass is 300 g/mol. The van der Waals surface area contributed by atoms with E-state index in [1.807, 2.05) is 0 Å². The highest BCUT2D eigenvalue weighted by Gasteiger charge is 2.15. The maximum atomic E-state index is 12.3. The molecule has 0 saturated heterocycles. The molecule has 0 unspecified atom stereocenters. The number of ether oxygens (including phenoxy) is 1. The van der Waals surface area contributed by atoms with E-state index in [4.69, 9.17) is 10.5 Å². The van der Waals surface area contributed by atoms with Crippen LogP contribution in [-0.2, 0) is 14.6 Å². The number of carbonyl (C=O) groups is 1. The Bertz CT molecular complexity index is 540. The van der Waals surface area contributed by atoms with Crippen LogP contribution >= 0.6 is 0 Å². The molecule has 0 aliphatic carbocycles. The van der Waals surface area contributed by atoms with Crippen LogP contribution in [0.1, 0.15) is 10.4 Å². The highest BCUT2D eigenvalue weighted by atomic mass is 32.2. The topological polar surface area (TPSA) is 89.7 Å². The molecule has 0 atom stereocenters. The minimum Gasteiger partial charge on any atom is -0.383 e. The molecule has 0 bridgehead atoms. The van der Waals surface area contributed by atoms with Gasteiger partial charge in [-0.1, -0.05) is 0 Å². The molecule has 1 aromatic rings. The van der Waals surface area contributed by atoms with Crippen LogP contribution in [0.3, 0.4) is 0 Å². The van der Waals surface area contributed by atoms with E-state index in [0.29, 0.717) is 31.8 Å². The number of nitrogens with zero attached hydrogens (tertiary/aromatic N) is 1. The van der Waals surface area contributed by atoms with E-state index in [0.717, 1.165) is 6.26 Å². The van der Waals surface area contributed by atoms with Crippen molar-refractivity contribution in [1.82, 2.24) is 4.90 Å². The summed E-state index contributed by atoms with van der Waals surface area (Å²) in [5.74, 6) is -0.187. The first kappa shape index (κ1) is 16.6. The summed E-state index contributed by atoms with van der Waals surface area (Å²) >= 11 is 0. The van der Waals surface area contributed by atoms with Crippen LogP contribution in [-0.4, -0.2) is 58.8 Å². The predicted molar refractivity (Wildman–Crippen MR) is 76.4 cm³/mol. The molecule has 0 saturated carbocycles. The third kappa shape index (κ3) is 4.59. The van der Waals surface area contributed by atoms with Crippen molar-refractivity contribution in [3.05, 3.63) is 29.8 Å². The maximum Gasteiger partial charge on any atom is 0.253 e. The number of hydrogen-bond donors (Lipinski definition) is 1. The Morgan fingerprint density at radius 2 is 1.85 bits per heavy atom. The summed E-state index contributed by atoms with van der Waals surface area (Å²) < 4.78 is 27.7. The van der Waals surface area contributed by atoms with Gasteiger partial charge < -0.3 is 15.4 Å². The smallest absolute Gasteiger partial charge is 0.253 e. The summed E-state index contributed by atoms with van der Waals surface area (Å²) in [7, 11) is -1.69. The highest BCUT2D eigenvalue weighted by Crippen LogP contribution is 2.12. The number of nitrogens with two attached hydrogens (primary N) is 1. The Morgan fingerprint density at radius 1 is 1.25 bits per heavy atom. The second-order valence-corrected chi connectivity index (χ2v) is 6.39. The van der Waals surface area contributed by atoms with Gasteiger partial charge in [0.15, 0.2) is 9.84 Å². The van der Waals surface area contributed by atoms with Gasteiger partial charge in [0.1, 0.15) is 0 Å². The number of benzene rings is 1. The molecule has 0 spiro atoms. The number of hydrogen-bond acceptors (Lipinski definition) is 5. The lowest BCUT2D eigenvalue weighted by molar-refractivity contribution is 0.0701. The van der Waals surface area contributed by atoms with Crippen molar-refractivity contribution in [3.8, 4) is 0 Å². The number of rotatable bonds is 7. The van der Waals surface area contributed by atoms with E-state index in [1.165, 1.54) is 24.3 Å². The average molecular weight is 300 g/mol. The lowest BCUT2D eigenvalue weighted by Gasteiger charge is -2.21. The third-order valence-electron chi connectivity index (χ3n) is 2.78. The summed E-state index contributed by atoms with van der Waals surface area (Å²) in [6, 6.07) is 5.88. The van der Waals surface area contributed by atoms with E-state index < -0.39 is 9.84 Å². The Balaban J connectivity index is 2.89. The predicted octanol–water partition coefficient (Wildman–Crippen LogP) is 0.137. The average Bonchev–Trinajstić information content (AvgIpc) is 2.42. The minimum atomic E-state index is -3.25. The van der Waals surface area contributed by atoms with Crippen molar-refractivity contribution in [2.75, 3.05) is 39.6 Å². The first-order chi connectivity index (χ1) is 9.40. The van der Waals surface area contributed by atoms with E-state index in [2.05, 4.69) is 0 Å². The quantitative estimate of drug-likeness (QED) is 0.773. The summed E-state index contributed by atoms with van der Waals surface area (Å²) in [4.78, 5) is 14.0. The van der Waals surface area contributed by atoms with Gasteiger partial charge in [0, 0.05) is 38.6 Å². The van der Waals surface area contributed by atoms with Gasteiger partial charge in [-0.2, -0.15) is 0 Å². The van der Waals surface area contributed by atoms with Crippen molar-refractivity contribution in [3.63, 3.8) is 0 Å². The van der Waals surface area contributed by atoms with Crippen LogP contribution < -0.4 is 5.73 Å². The molecule has 0 fully saturated rings. The van der Waals surface area contributed by atoms with E-state index in [-0.39, 0.29) is 10.8 Å². The van der Waals surface area contributed by atoms with Crippen LogP contribution in [0, 0.1) is 0 Å². The van der Waals surface area contributed by atoms with Gasteiger partial charge in [-0.15, -0.1) is 0 Å². The van der Waals surface area contributed by atoms with Gasteiger partial charge in [-0.25, -0.2) is 8.42 Å². The summed E-state index contributed by atoms with van der Waals surface area (Å²) in [6.07, 6.45) is 1.13. The first-order valence-electron chi connectivity index (χ1n) is 6.18. The van der Waals surface area contributed by atoms with E-state index in [9.17, 15) is 13.2 Å². The second kappa shape index (κ2) is 7.37. The van der Waals surface area contributed by atoms with Gasteiger partial charge in [0.05, 0.1) is 11.5 Å². The van der Waals surface area contributed by atoms with Gasteiger partial charge in [-0.3, -0.25) is 4.79 Å². The zero-order valence-electron chi connectivity index (χ0n) is 11.7. The molecule has 0 heterocycles. The van der Waals surface area contributed by atoms with Crippen molar-refractivity contribution >= 4 is 15.7 Å². The van der Waals surface area contributed by atoms with Gasteiger partial charge >= 0.3 is 0 Å². The van der Waals surface area contributed by atoms with Crippen LogP contribution in [0.25, 0.3) is 0 Å². The van der Waals surface area contributed by atoms with E-state index >= 15 is 0 Å². The molecule has 2 N–H and O–H groups in total. The maximum absolute atomic E-state index is 12.3. The number of methoxy groups -OCH3 is 1. The Kier molecular flexibility index (Phi) is 6.12. The molecule has 1 aromatic carbocycles. The van der Waals surface area contributed by atoms with Crippen LogP contribution in [0.4, 0.5) is 0 Å². The molecule has 6 nitrogen and oxygen atoms in total. The fourth-order valence-electron chi connectivity index (χ4n) is 1.70. The van der Waals surface area contributed by atoms with Gasteiger partial charge in [0.25, 0.3) is 5.91 Å². The van der Waals surface area contributed by atoms with Crippen molar-refractivity contribution in [2.45, 2.75) is 4.90 Å². The second-order valence-electron chi connectivity index (χ2n) is 4.37. The zero-order chi connectivity index (χ0) is 15.2. The SMILES string of the molecule is COCCN(CCN)C(=O)c1ccc(S(C)(=O)=O)cc1. The van der Waals surface area contributed by atoms with Crippen molar-refractivity contribution < 1.29 is 17.9 Å². The first-order valence-corrected chi connectivity index (χ1v) is 8.07. The molecule has 0 aromatic heterocycles. The third-order valence-corrected chi connectivity index (χ3v) is 3.91. The Morgan fingerprint density at radius 3 is 2.30 bits per heavy atom. The fourth-order valence-corrected chi connectivity index (χ4v) is 2.33. The van der Waals surface area contributed by atoms with Crippen LogP contribution in [0.15, 0.2) is 29.2 Å². The standard InChI is InChI=1S/C13H20N2O4S/c1-19-10-9-15(8-7-14)13(16)11-3-5-12(6-4-11)20(2,17)18/h3-6H,7-10,14H2,1-2H3. The molecule has 7 heteroatoms. The highest BCUT2D eigenvalue weighted by molar-refractivity contribution is 7.90. The normalized spacial score (nSPS) is 11.3. The zero-order valence-corrected chi connectivity index (χ0v) is 12.5. The summed E-state index contributed by atoms with van der Waals surface area (Å²) in [5.41, 5.74) is 5.92. The van der Waals surface area contributed by atoms with Crippen molar-refractivity contribution in [2.24, 2.45) is 5.73 Å². The molecule has 0 aliphatic heterocycles. The van der Waals surface area contributed by atoms with Crippen LogP contribution in [0.5, 0.6) is 0 Å². The Hall–Kier alpha value is -1.44. The molecule has 0 radical (unpaired) electrons. The molecular formula is C13H20N2O4S. The largest absolute Gasteiger partial charge is 0.383 e.